The summed E-state index contributed by atoms with van der Waals surface area (Å²) in [6, 6.07) is 9.24. The van der Waals surface area contributed by atoms with Crippen molar-refractivity contribution >= 4 is 28.1 Å². The molecule has 1 aromatic heterocycles. The van der Waals surface area contributed by atoms with Gasteiger partial charge in [0.2, 0.25) is 0 Å². The first-order valence-corrected chi connectivity index (χ1v) is 6.05. The fourth-order valence-corrected chi connectivity index (χ4v) is 1.57. The second-order valence-corrected chi connectivity index (χ2v) is 4.60. The van der Waals surface area contributed by atoms with Gasteiger partial charge in [0.05, 0.1) is 6.21 Å². The van der Waals surface area contributed by atoms with E-state index < -0.39 is 0 Å². The van der Waals surface area contributed by atoms with Crippen molar-refractivity contribution in [3.63, 3.8) is 0 Å². The van der Waals surface area contributed by atoms with E-state index in [9.17, 15) is 4.79 Å². The van der Waals surface area contributed by atoms with Crippen molar-refractivity contribution in [3.05, 3.63) is 51.8 Å². The van der Waals surface area contributed by atoms with Gasteiger partial charge in [-0.05, 0) is 30.7 Å². The smallest absolute Gasteiger partial charge is 0.282 e. The Kier molecular flexibility index (Phi) is 3.88. The third-order valence-electron chi connectivity index (χ3n) is 2.19. The van der Waals surface area contributed by atoms with Crippen molar-refractivity contribution in [1.82, 2.24) is 15.6 Å². The van der Waals surface area contributed by atoms with Gasteiger partial charge in [0.25, 0.3) is 5.91 Å². The highest BCUT2D eigenvalue weighted by atomic mass is 79.9. The number of benzene rings is 1. The van der Waals surface area contributed by atoms with Crippen LogP contribution >= 0.6 is 15.9 Å². The molecule has 2 rings (SSSR count). The van der Waals surface area contributed by atoms with Crippen LogP contribution in [0.25, 0.3) is 0 Å². The molecule has 0 atom stereocenters. The van der Waals surface area contributed by atoms with Crippen molar-refractivity contribution < 1.29 is 4.79 Å². The molecule has 0 saturated heterocycles. The summed E-state index contributed by atoms with van der Waals surface area (Å²) in [5.41, 5.74) is 4.46. The minimum Gasteiger partial charge on any atom is -0.282 e. The summed E-state index contributed by atoms with van der Waals surface area (Å²) in [6.07, 6.45) is 1.57. The molecule has 0 bridgehead atoms. The predicted molar refractivity (Wildman–Crippen MR) is 72.5 cm³/mol. The van der Waals surface area contributed by atoms with E-state index in [2.05, 4.69) is 36.7 Å². The highest BCUT2D eigenvalue weighted by Gasteiger charge is 2.06. The van der Waals surface area contributed by atoms with Gasteiger partial charge in [-0.1, -0.05) is 28.1 Å². The number of nitrogens with zero attached hydrogens (tertiary/aromatic N) is 2. The molecule has 0 spiro atoms. The molecule has 6 heteroatoms. The van der Waals surface area contributed by atoms with Crippen molar-refractivity contribution in [3.8, 4) is 0 Å². The Bertz CT molecular complexity index is 574. The van der Waals surface area contributed by atoms with Gasteiger partial charge < -0.3 is 0 Å². The van der Waals surface area contributed by atoms with Crippen LogP contribution in [-0.4, -0.2) is 22.3 Å². The van der Waals surface area contributed by atoms with E-state index in [1.807, 2.05) is 31.2 Å². The van der Waals surface area contributed by atoms with E-state index in [1.165, 1.54) is 0 Å². The van der Waals surface area contributed by atoms with Crippen LogP contribution in [0.2, 0.25) is 0 Å². The van der Waals surface area contributed by atoms with Crippen LogP contribution in [0.1, 0.15) is 21.7 Å². The van der Waals surface area contributed by atoms with Crippen molar-refractivity contribution in [2.45, 2.75) is 6.92 Å². The van der Waals surface area contributed by atoms with E-state index in [-0.39, 0.29) is 5.91 Å². The second-order valence-electron chi connectivity index (χ2n) is 3.69. The fraction of sp³-hybridized carbons (Fsp3) is 0.0833. The third kappa shape index (κ3) is 3.27. The number of halogens is 1. The number of nitrogens with one attached hydrogen (secondary N) is 2. The summed E-state index contributed by atoms with van der Waals surface area (Å²) in [4.78, 5) is 11.6. The van der Waals surface area contributed by atoms with Gasteiger partial charge >= 0.3 is 0 Å². The van der Waals surface area contributed by atoms with Crippen LogP contribution < -0.4 is 5.43 Å². The summed E-state index contributed by atoms with van der Waals surface area (Å²) in [7, 11) is 0. The number of hydrogen-bond acceptors (Lipinski definition) is 3. The number of amides is 1. The summed E-state index contributed by atoms with van der Waals surface area (Å²) in [6.45, 7) is 1.83. The van der Waals surface area contributed by atoms with Crippen LogP contribution in [0.15, 0.2) is 39.9 Å². The van der Waals surface area contributed by atoms with E-state index in [0.29, 0.717) is 5.69 Å². The van der Waals surface area contributed by atoms with Crippen LogP contribution in [0.3, 0.4) is 0 Å². The highest BCUT2D eigenvalue weighted by Crippen LogP contribution is 2.08. The Balaban J connectivity index is 1.95. The van der Waals surface area contributed by atoms with Crippen molar-refractivity contribution in [2.24, 2.45) is 5.10 Å². The number of aromatic nitrogens is 2. The zero-order valence-corrected chi connectivity index (χ0v) is 11.2. The lowest BCUT2D eigenvalue weighted by atomic mass is 10.2. The lowest BCUT2D eigenvalue weighted by molar-refractivity contribution is 0.0950. The lowest BCUT2D eigenvalue weighted by Crippen LogP contribution is -2.17. The van der Waals surface area contributed by atoms with Gasteiger partial charge in [0, 0.05) is 10.2 Å². The summed E-state index contributed by atoms with van der Waals surface area (Å²) < 4.78 is 0.996. The van der Waals surface area contributed by atoms with Crippen LogP contribution in [-0.2, 0) is 0 Å². The average molecular weight is 307 g/mol. The number of hydrogen-bond donors (Lipinski definition) is 2. The lowest BCUT2D eigenvalue weighted by Gasteiger charge is -1.95. The van der Waals surface area contributed by atoms with Crippen molar-refractivity contribution in [1.29, 1.82) is 0 Å². The van der Waals surface area contributed by atoms with Crippen LogP contribution in [0.4, 0.5) is 0 Å². The predicted octanol–water partition coefficient (Wildman–Crippen LogP) is 2.24. The SMILES string of the molecule is Cc1cc(C(=O)N/N=C/c2ccc(Br)cc2)n[nH]1. The molecule has 2 aromatic rings. The van der Waals surface area contributed by atoms with Crippen molar-refractivity contribution in [2.75, 3.05) is 0 Å². The zero-order valence-electron chi connectivity index (χ0n) is 9.64. The van der Waals surface area contributed by atoms with Crippen LogP contribution in [0.5, 0.6) is 0 Å². The van der Waals surface area contributed by atoms with Gasteiger partial charge in [0.15, 0.2) is 5.69 Å². The molecule has 2 N–H and O–H groups in total. The molecular weight excluding hydrogens is 296 g/mol. The molecular formula is C12H11BrN4O. The van der Waals surface area contributed by atoms with Gasteiger partial charge in [-0.2, -0.15) is 10.2 Å². The zero-order chi connectivity index (χ0) is 13.0. The normalized spacial score (nSPS) is 10.8. The number of carbonyl (C=O) groups is 1. The fourth-order valence-electron chi connectivity index (χ4n) is 1.31. The summed E-state index contributed by atoms with van der Waals surface area (Å²) >= 11 is 3.34. The first-order chi connectivity index (χ1) is 8.65. The standard InChI is InChI=1S/C12H11BrN4O/c1-8-6-11(16-15-8)12(18)17-14-7-9-2-4-10(13)5-3-9/h2-7H,1H3,(H,15,16)(H,17,18)/b14-7+. The van der Waals surface area contributed by atoms with E-state index in [1.54, 1.807) is 12.3 Å². The average Bonchev–Trinajstić information content (AvgIpc) is 2.78. The molecule has 5 nitrogen and oxygen atoms in total. The Morgan fingerprint density at radius 2 is 2.17 bits per heavy atom. The highest BCUT2D eigenvalue weighted by molar-refractivity contribution is 9.10. The molecule has 18 heavy (non-hydrogen) atoms. The monoisotopic (exact) mass is 306 g/mol. The summed E-state index contributed by atoms with van der Waals surface area (Å²) in [5.74, 6) is -0.340. The number of carbonyl (C=O) groups excluding carboxylic acids is 1. The minimum absolute atomic E-state index is 0.320. The number of hydrazone groups is 1. The molecule has 0 aliphatic rings. The molecule has 1 heterocycles. The molecule has 1 aromatic carbocycles. The summed E-state index contributed by atoms with van der Waals surface area (Å²) in [5, 5.41) is 10.4. The maximum Gasteiger partial charge on any atom is 0.291 e. The molecule has 0 saturated carbocycles. The van der Waals surface area contributed by atoms with E-state index in [4.69, 9.17) is 0 Å². The van der Waals surface area contributed by atoms with E-state index in [0.717, 1.165) is 15.7 Å². The maximum absolute atomic E-state index is 11.6. The van der Waals surface area contributed by atoms with Crippen LogP contribution in [0, 0.1) is 6.92 Å². The third-order valence-corrected chi connectivity index (χ3v) is 2.72. The van der Waals surface area contributed by atoms with E-state index >= 15 is 0 Å². The largest absolute Gasteiger partial charge is 0.291 e. The Hall–Kier alpha value is -1.95. The molecule has 0 aliphatic carbocycles. The van der Waals surface area contributed by atoms with Gasteiger partial charge in [0.1, 0.15) is 0 Å². The Morgan fingerprint density at radius 1 is 1.44 bits per heavy atom. The number of aromatic amines is 1. The Labute approximate surface area is 112 Å². The molecule has 92 valence electrons. The molecule has 0 radical (unpaired) electrons. The Morgan fingerprint density at radius 3 is 2.78 bits per heavy atom. The maximum atomic E-state index is 11.6. The number of rotatable bonds is 3. The minimum atomic E-state index is -0.340. The first kappa shape index (κ1) is 12.5. The molecule has 1 amide bonds. The molecule has 0 fully saturated rings. The molecule has 0 aliphatic heterocycles. The number of aryl methyl sites for hydroxylation is 1. The first-order valence-electron chi connectivity index (χ1n) is 5.26. The number of H-pyrrole nitrogens is 1. The second kappa shape index (κ2) is 5.59. The van der Waals surface area contributed by atoms with Gasteiger partial charge in [-0.15, -0.1) is 0 Å². The van der Waals surface area contributed by atoms with Gasteiger partial charge in [-0.25, -0.2) is 5.43 Å². The van der Waals surface area contributed by atoms with Gasteiger partial charge in [-0.3, -0.25) is 9.89 Å². The topological polar surface area (TPSA) is 70.1 Å². The molecule has 0 unspecified atom stereocenters. The quantitative estimate of drug-likeness (QED) is 0.674.